The minimum atomic E-state index is -0.100. The average Bonchev–Trinajstić information content (AvgIpc) is 3.15. The van der Waals surface area contributed by atoms with Crippen LogP contribution in [0.3, 0.4) is 0 Å². The first kappa shape index (κ1) is 18.1. The minimum absolute atomic E-state index is 0.0358. The van der Waals surface area contributed by atoms with Crippen LogP contribution in [0.1, 0.15) is 23.2 Å². The largest absolute Gasteiger partial charge is 0.380 e. The van der Waals surface area contributed by atoms with E-state index in [2.05, 4.69) is 10.4 Å². The van der Waals surface area contributed by atoms with E-state index in [-0.39, 0.29) is 24.5 Å². The zero-order valence-electron chi connectivity index (χ0n) is 15.1. The van der Waals surface area contributed by atoms with Gasteiger partial charge in [0.15, 0.2) is 0 Å². The molecule has 7 heteroatoms. The standard InChI is InChI=1S/C19H24N4O3/c1-20-18(24)13-23-11-16(10-21-23)14-5-7-15(8-6-14)19(25)22-9-3-4-17(12-22)26-2/h5-8,10-11,17H,3-4,9,12-13H2,1-2H3,(H,20,24). The van der Waals surface area contributed by atoms with E-state index in [1.807, 2.05) is 35.4 Å². The van der Waals surface area contributed by atoms with Gasteiger partial charge in [0.1, 0.15) is 6.54 Å². The van der Waals surface area contributed by atoms with E-state index in [0.717, 1.165) is 30.5 Å². The zero-order chi connectivity index (χ0) is 18.5. The van der Waals surface area contributed by atoms with Crippen LogP contribution >= 0.6 is 0 Å². The van der Waals surface area contributed by atoms with Crippen LogP contribution in [0.15, 0.2) is 36.7 Å². The van der Waals surface area contributed by atoms with E-state index < -0.39 is 0 Å². The molecule has 2 aromatic rings. The van der Waals surface area contributed by atoms with Crippen molar-refractivity contribution in [2.75, 3.05) is 27.2 Å². The van der Waals surface area contributed by atoms with Crippen molar-refractivity contribution < 1.29 is 14.3 Å². The van der Waals surface area contributed by atoms with Gasteiger partial charge in [-0.3, -0.25) is 14.3 Å². The van der Waals surface area contributed by atoms with E-state index >= 15 is 0 Å². The van der Waals surface area contributed by atoms with E-state index in [9.17, 15) is 9.59 Å². The molecule has 1 aliphatic heterocycles. The van der Waals surface area contributed by atoms with Crippen molar-refractivity contribution in [3.05, 3.63) is 42.2 Å². The first-order chi connectivity index (χ1) is 12.6. The lowest BCUT2D eigenvalue weighted by molar-refractivity contribution is -0.121. The summed E-state index contributed by atoms with van der Waals surface area (Å²) in [6, 6.07) is 7.49. The Hall–Kier alpha value is -2.67. The van der Waals surface area contributed by atoms with Gasteiger partial charge in [0, 0.05) is 44.6 Å². The highest BCUT2D eigenvalue weighted by atomic mass is 16.5. The smallest absolute Gasteiger partial charge is 0.253 e. The van der Waals surface area contributed by atoms with Crippen molar-refractivity contribution in [1.82, 2.24) is 20.0 Å². The molecule has 0 bridgehead atoms. The number of ether oxygens (including phenoxy) is 1. The van der Waals surface area contributed by atoms with Gasteiger partial charge in [-0.15, -0.1) is 0 Å². The molecule has 1 aromatic carbocycles. The number of rotatable bonds is 5. The highest BCUT2D eigenvalue weighted by Crippen LogP contribution is 2.21. The third-order valence-electron chi connectivity index (χ3n) is 4.68. The van der Waals surface area contributed by atoms with Gasteiger partial charge in [0.05, 0.1) is 12.3 Å². The maximum atomic E-state index is 12.7. The molecule has 7 nitrogen and oxygen atoms in total. The lowest BCUT2D eigenvalue weighted by atomic mass is 10.0. The normalized spacial score (nSPS) is 17.2. The first-order valence-corrected chi connectivity index (χ1v) is 8.76. The van der Waals surface area contributed by atoms with Gasteiger partial charge in [-0.2, -0.15) is 5.10 Å². The topological polar surface area (TPSA) is 76.5 Å². The summed E-state index contributed by atoms with van der Waals surface area (Å²) in [4.78, 5) is 26.0. The number of hydrogen-bond donors (Lipinski definition) is 1. The number of hydrogen-bond acceptors (Lipinski definition) is 4. The Morgan fingerprint density at radius 1 is 1.27 bits per heavy atom. The number of carbonyl (C=O) groups excluding carboxylic acids is 2. The molecular weight excluding hydrogens is 332 g/mol. The van der Waals surface area contributed by atoms with Gasteiger partial charge < -0.3 is 15.0 Å². The number of aromatic nitrogens is 2. The Bertz CT molecular complexity index is 769. The SMILES string of the molecule is CNC(=O)Cn1cc(-c2ccc(C(=O)N3CCCC(OC)C3)cc2)cn1. The third kappa shape index (κ3) is 4.11. The number of likely N-dealkylation sites (tertiary alicyclic amines) is 1. The second kappa shape index (κ2) is 8.14. The number of piperidine rings is 1. The molecule has 1 aliphatic rings. The van der Waals surface area contributed by atoms with Crippen LogP contribution in [0.4, 0.5) is 0 Å². The van der Waals surface area contributed by atoms with Gasteiger partial charge in [0.2, 0.25) is 5.91 Å². The number of benzene rings is 1. The summed E-state index contributed by atoms with van der Waals surface area (Å²) in [7, 11) is 3.29. The van der Waals surface area contributed by atoms with Crippen LogP contribution < -0.4 is 5.32 Å². The molecule has 0 spiro atoms. The number of likely N-dealkylation sites (N-methyl/N-ethyl adjacent to an activating group) is 1. The van der Waals surface area contributed by atoms with Crippen molar-refractivity contribution in [2.24, 2.45) is 0 Å². The molecule has 2 amide bonds. The molecule has 1 aromatic heterocycles. The zero-order valence-corrected chi connectivity index (χ0v) is 15.1. The van der Waals surface area contributed by atoms with E-state index in [0.29, 0.717) is 12.1 Å². The molecule has 1 atom stereocenters. The fourth-order valence-corrected chi connectivity index (χ4v) is 3.13. The van der Waals surface area contributed by atoms with Crippen LogP contribution in [0.25, 0.3) is 11.1 Å². The Morgan fingerprint density at radius 3 is 2.73 bits per heavy atom. The molecular formula is C19H24N4O3. The molecule has 138 valence electrons. The highest BCUT2D eigenvalue weighted by Gasteiger charge is 2.24. The molecule has 0 saturated carbocycles. The molecule has 2 heterocycles. The number of carbonyl (C=O) groups is 2. The van der Waals surface area contributed by atoms with Gasteiger partial charge in [-0.25, -0.2) is 0 Å². The molecule has 1 fully saturated rings. The van der Waals surface area contributed by atoms with Gasteiger partial charge >= 0.3 is 0 Å². The quantitative estimate of drug-likeness (QED) is 0.882. The maximum absolute atomic E-state index is 12.7. The fraction of sp³-hybridized carbons (Fsp3) is 0.421. The minimum Gasteiger partial charge on any atom is -0.380 e. The van der Waals surface area contributed by atoms with Crippen molar-refractivity contribution in [1.29, 1.82) is 0 Å². The van der Waals surface area contributed by atoms with E-state index in [1.165, 1.54) is 0 Å². The molecule has 26 heavy (non-hydrogen) atoms. The Balaban J connectivity index is 1.68. The lowest BCUT2D eigenvalue weighted by Crippen LogP contribution is -2.42. The predicted molar refractivity (Wildman–Crippen MR) is 97.7 cm³/mol. The molecule has 1 saturated heterocycles. The van der Waals surface area contributed by atoms with Gasteiger partial charge in [-0.05, 0) is 30.5 Å². The Labute approximate surface area is 152 Å². The summed E-state index contributed by atoms with van der Waals surface area (Å²) in [5, 5.41) is 6.77. The van der Waals surface area contributed by atoms with Crippen molar-refractivity contribution >= 4 is 11.8 Å². The third-order valence-corrected chi connectivity index (χ3v) is 4.68. The Kier molecular flexibility index (Phi) is 5.68. The number of nitrogens with one attached hydrogen (secondary N) is 1. The summed E-state index contributed by atoms with van der Waals surface area (Å²) < 4.78 is 6.98. The van der Waals surface area contributed by atoms with E-state index in [4.69, 9.17) is 4.74 Å². The monoisotopic (exact) mass is 356 g/mol. The fourth-order valence-electron chi connectivity index (χ4n) is 3.13. The molecule has 1 unspecified atom stereocenters. The highest BCUT2D eigenvalue weighted by molar-refractivity contribution is 5.94. The molecule has 0 aliphatic carbocycles. The van der Waals surface area contributed by atoms with Crippen molar-refractivity contribution in [2.45, 2.75) is 25.5 Å². The number of amides is 2. The number of methoxy groups -OCH3 is 1. The van der Waals surface area contributed by atoms with Crippen LogP contribution in [0.2, 0.25) is 0 Å². The van der Waals surface area contributed by atoms with Crippen LogP contribution in [-0.4, -0.2) is 59.8 Å². The summed E-state index contributed by atoms with van der Waals surface area (Å²) in [5.74, 6) is -0.0647. The number of nitrogens with zero attached hydrogens (tertiary/aromatic N) is 3. The maximum Gasteiger partial charge on any atom is 0.253 e. The van der Waals surface area contributed by atoms with E-state index in [1.54, 1.807) is 25.0 Å². The molecule has 0 radical (unpaired) electrons. The van der Waals surface area contributed by atoms with Crippen LogP contribution in [-0.2, 0) is 16.1 Å². The predicted octanol–water partition coefficient (Wildman–Crippen LogP) is 1.55. The lowest BCUT2D eigenvalue weighted by Gasteiger charge is -2.32. The van der Waals surface area contributed by atoms with Crippen LogP contribution in [0, 0.1) is 0 Å². The molecule has 1 N–H and O–H groups in total. The average molecular weight is 356 g/mol. The summed E-state index contributed by atoms with van der Waals surface area (Å²) in [5.41, 5.74) is 2.53. The first-order valence-electron chi connectivity index (χ1n) is 8.76. The molecule has 3 rings (SSSR count). The second-order valence-corrected chi connectivity index (χ2v) is 6.43. The summed E-state index contributed by atoms with van der Waals surface area (Å²) in [6.07, 6.45) is 5.62. The van der Waals surface area contributed by atoms with Crippen molar-refractivity contribution in [3.8, 4) is 11.1 Å². The van der Waals surface area contributed by atoms with Gasteiger partial charge in [0.25, 0.3) is 5.91 Å². The second-order valence-electron chi connectivity index (χ2n) is 6.43. The summed E-state index contributed by atoms with van der Waals surface area (Å²) in [6.45, 7) is 1.60. The van der Waals surface area contributed by atoms with Crippen LogP contribution in [0.5, 0.6) is 0 Å². The summed E-state index contributed by atoms with van der Waals surface area (Å²) >= 11 is 0. The Morgan fingerprint density at radius 2 is 2.04 bits per heavy atom. The van der Waals surface area contributed by atoms with Crippen molar-refractivity contribution in [3.63, 3.8) is 0 Å². The van der Waals surface area contributed by atoms with Gasteiger partial charge in [-0.1, -0.05) is 12.1 Å².